The molecular formula is C10H12BrClN2O. The van der Waals surface area contributed by atoms with Crippen LogP contribution in [0.4, 0.5) is 5.69 Å². The Balaban J connectivity index is 3.06. The summed E-state index contributed by atoms with van der Waals surface area (Å²) in [6, 6.07) is 5.57. The molecule has 1 rings (SSSR count). The zero-order chi connectivity index (χ0) is 11.3. The highest BCUT2D eigenvalue weighted by molar-refractivity contribution is 9.10. The summed E-state index contributed by atoms with van der Waals surface area (Å²) in [6.07, 6.45) is 0. The number of aliphatic imine (C=N–C) groups is 1. The lowest BCUT2D eigenvalue weighted by atomic mass is 10.3. The number of hydrogen-bond donors (Lipinski definition) is 1. The first-order chi connectivity index (χ1) is 7.17. The quantitative estimate of drug-likeness (QED) is 0.526. The number of benzene rings is 1. The fourth-order valence-corrected chi connectivity index (χ4v) is 1.45. The van der Waals surface area contributed by atoms with Crippen LogP contribution < -0.4 is 10.5 Å². The Morgan fingerprint density at radius 1 is 1.60 bits per heavy atom. The minimum Gasteiger partial charge on any atom is -0.492 e. The van der Waals surface area contributed by atoms with Crippen LogP contribution in [0.2, 0.25) is 0 Å². The summed E-state index contributed by atoms with van der Waals surface area (Å²) in [6.45, 7) is 2.51. The molecule has 0 amide bonds. The molecule has 1 aromatic rings. The van der Waals surface area contributed by atoms with Crippen molar-refractivity contribution < 1.29 is 4.74 Å². The van der Waals surface area contributed by atoms with Crippen LogP contribution in [0, 0.1) is 0 Å². The maximum atomic E-state index is 5.57. The Morgan fingerprint density at radius 3 is 2.93 bits per heavy atom. The van der Waals surface area contributed by atoms with Crippen molar-refractivity contribution in [3.63, 3.8) is 0 Å². The van der Waals surface area contributed by atoms with Crippen LogP contribution in [-0.4, -0.2) is 18.3 Å². The minimum absolute atomic E-state index is 0.206. The zero-order valence-corrected chi connectivity index (χ0v) is 10.7. The van der Waals surface area contributed by atoms with E-state index in [-0.39, 0.29) is 5.88 Å². The third kappa shape index (κ3) is 3.72. The molecule has 0 spiro atoms. The summed E-state index contributed by atoms with van der Waals surface area (Å²) in [5.74, 6) is 1.28. The highest BCUT2D eigenvalue weighted by Gasteiger charge is 2.03. The molecule has 0 aliphatic rings. The molecule has 5 heteroatoms. The normalized spacial score (nSPS) is 11.5. The van der Waals surface area contributed by atoms with Crippen LogP contribution in [0.15, 0.2) is 27.7 Å². The highest BCUT2D eigenvalue weighted by Crippen LogP contribution is 2.30. The first kappa shape index (κ1) is 12.3. The summed E-state index contributed by atoms with van der Waals surface area (Å²) in [5.41, 5.74) is 6.25. The molecule has 15 heavy (non-hydrogen) atoms. The third-order valence-corrected chi connectivity index (χ3v) is 2.39. The van der Waals surface area contributed by atoms with Crippen molar-refractivity contribution in [3.8, 4) is 5.75 Å². The summed E-state index contributed by atoms with van der Waals surface area (Å²) in [4.78, 5) is 4.16. The monoisotopic (exact) mass is 290 g/mol. The maximum Gasteiger partial charge on any atom is 0.145 e. The first-order valence-corrected chi connectivity index (χ1v) is 5.81. The Morgan fingerprint density at radius 2 is 2.33 bits per heavy atom. The molecule has 0 aliphatic carbocycles. The van der Waals surface area contributed by atoms with E-state index in [1.165, 1.54) is 0 Å². The van der Waals surface area contributed by atoms with Gasteiger partial charge < -0.3 is 10.5 Å². The average Bonchev–Trinajstić information content (AvgIpc) is 2.22. The summed E-state index contributed by atoms with van der Waals surface area (Å²) in [7, 11) is 0. The lowest BCUT2D eigenvalue weighted by Gasteiger charge is -2.07. The topological polar surface area (TPSA) is 47.6 Å². The van der Waals surface area contributed by atoms with E-state index < -0.39 is 0 Å². The minimum atomic E-state index is 0.206. The molecule has 0 atom stereocenters. The van der Waals surface area contributed by atoms with Gasteiger partial charge in [0, 0.05) is 4.47 Å². The van der Waals surface area contributed by atoms with E-state index in [0.717, 1.165) is 4.47 Å². The highest BCUT2D eigenvalue weighted by atomic mass is 79.9. The van der Waals surface area contributed by atoms with E-state index in [1.54, 1.807) is 0 Å². The molecule has 0 saturated heterocycles. The average molecular weight is 292 g/mol. The van der Waals surface area contributed by atoms with Gasteiger partial charge in [0.15, 0.2) is 0 Å². The SMILES string of the molecule is CCOc1ccc(Br)cc1N=C(N)CCl. The Bertz CT molecular complexity index is 368. The van der Waals surface area contributed by atoms with Crippen LogP contribution in [0.5, 0.6) is 5.75 Å². The Labute approximate surface area is 102 Å². The van der Waals surface area contributed by atoms with Gasteiger partial charge >= 0.3 is 0 Å². The fourth-order valence-electron chi connectivity index (χ4n) is 1.04. The molecule has 2 N–H and O–H groups in total. The van der Waals surface area contributed by atoms with E-state index in [9.17, 15) is 0 Å². The van der Waals surface area contributed by atoms with Gasteiger partial charge in [-0.25, -0.2) is 4.99 Å². The van der Waals surface area contributed by atoms with Crippen LogP contribution in [0.3, 0.4) is 0 Å². The van der Waals surface area contributed by atoms with Gasteiger partial charge in [-0.2, -0.15) is 0 Å². The molecule has 0 radical (unpaired) electrons. The van der Waals surface area contributed by atoms with E-state index in [2.05, 4.69) is 20.9 Å². The standard InChI is InChI=1S/C10H12BrClN2O/c1-2-15-9-4-3-7(11)5-8(9)14-10(13)6-12/h3-5H,2,6H2,1H3,(H2,13,14). The number of rotatable bonds is 4. The summed E-state index contributed by atoms with van der Waals surface area (Å²) >= 11 is 8.92. The Kier molecular flexibility index (Phi) is 4.91. The van der Waals surface area contributed by atoms with Gasteiger partial charge in [-0.05, 0) is 25.1 Å². The smallest absolute Gasteiger partial charge is 0.145 e. The van der Waals surface area contributed by atoms with Crippen molar-refractivity contribution >= 4 is 39.1 Å². The number of amidine groups is 1. The van der Waals surface area contributed by atoms with E-state index in [4.69, 9.17) is 22.1 Å². The van der Waals surface area contributed by atoms with Crippen molar-refractivity contribution in [2.75, 3.05) is 12.5 Å². The van der Waals surface area contributed by atoms with Crippen LogP contribution in [0.25, 0.3) is 0 Å². The molecule has 0 heterocycles. The number of nitrogens with two attached hydrogens (primary N) is 1. The lowest BCUT2D eigenvalue weighted by molar-refractivity contribution is 0.341. The molecule has 0 aromatic heterocycles. The predicted octanol–water partition coefficient (Wildman–Crippen LogP) is 3.08. The molecule has 0 saturated carbocycles. The molecule has 3 nitrogen and oxygen atoms in total. The van der Waals surface area contributed by atoms with Crippen LogP contribution >= 0.6 is 27.5 Å². The van der Waals surface area contributed by atoms with Crippen LogP contribution in [0.1, 0.15) is 6.92 Å². The van der Waals surface area contributed by atoms with Gasteiger partial charge in [-0.15, -0.1) is 11.6 Å². The molecule has 82 valence electrons. The predicted molar refractivity (Wildman–Crippen MR) is 67.3 cm³/mol. The third-order valence-electron chi connectivity index (χ3n) is 1.62. The molecular weight excluding hydrogens is 279 g/mol. The molecule has 0 bridgehead atoms. The number of nitrogens with zero attached hydrogens (tertiary/aromatic N) is 1. The van der Waals surface area contributed by atoms with Gasteiger partial charge in [0.25, 0.3) is 0 Å². The van der Waals surface area contributed by atoms with Crippen molar-refractivity contribution in [1.82, 2.24) is 0 Å². The second-order valence-corrected chi connectivity index (χ2v) is 3.96. The van der Waals surface area contributed by atoms with E-state index in [1.807, 2.05) is 25.1 Å². The van der Waals surface area contributed by atoms with E-state index in [0.29, 0.717) is 23.9 Å². The van der Waals surface area contributed by atoms with Gasteiger partial charge in [0.05, 0.1) is 12.5 Å². The molecule has 0 unspecified atom stereocenters. The molecule has 1 aromatic carbocycles. The van der Waals surface area contributed by atoms with Gasteiger partial charge in [-0.1, -0.05) is 15.9 Å². The second-order valence-electron chi connectivity index (χ2n) is 2.78. The number of halogens is 2. The van der Waals surface area contributed by atoms with Crippen molar-refractivity contribution in [3.05, 3.63) is 22.7 Å². The number of alkyl halides is 1. The first-order valence-electron chi connectivity index (χ1n) is 4.48. The summed E-state index contributed by atoms with van der Waals surface area (Å²) < 4.78 is 6.33. The van der Waals surface area contributed by atoms with Gasteiger partial charge in [0.1, 0.15) is 17.3 Å². The van der Waals surface area contributed by atoms with Crippen LogP contribution in [-0.2, 0) is 0 Å². The lowest BCUT2D eigenvalue weighted by Crippen LogP contribution is -2.12. The zero-order valence-electron chi connectivity index (χ0n) is 8.34. The largest absolute Gasteiger partial charge is 0.492 e. The summed E-state index contributed by atoms with van der Waals surface area (Å²) in [5, 5.41) is 0. The molecule has 0 fully saturated rings. The van der Waals surface area contributed by atoms with E-state index >= 15 is 0 Å². The number of hydrogen-bond acceptors (Lipinski definition) is 2. The van der Waals surface area contributed by atoms with Crippen molar-refractivity contribution in [1.29, 1.82) is 0 Å². The van der Waals surface area contributed by atoms with Gasteiger partial charge in [-0.3, -0.25) is 0 Å². The van der Waals surface area contributed by atoms with Crippen molar-refractivity contribution in [2.45, 2.75) is 6.92 Å². The second kappa shape index (κ2) is 5.98. The van der Waals surface area contributed by atoms with Gasteiger partial charge in [0.2, 0.25) is 0 Å². The maximum absolute atomic E-state index is 5.57. The molecule has 0 aliphatic heterocycles. The number of ether oxygens (including phenoxy) is 1. The van der Waals surface area contributed by atoms with Crippen molar-refractivity contribution in [2.24, 2.45) is 10.7 Å². The fraction of sp³-hybridized carbons (Fsp3) is 0.300. The Hall–Kier alpha value is -0.740.